The van der Waals surface area contributed by atoms with Gasteiger partial charge in [-0.05, 0) is 0 Å². The Morgan fingerprint density at radius 1 is 1.40 bits per heavy atom. The third-order valence-corrected chi connectivity index (χ3v) is 3.66. The standard InChI is InChI=1S/C12H14N2O5S/c1-8(15)13-10(12(16)17)7-20-11(14(18)19)9-5-3-2-4-6-9/h2-6,10-11H,7H2,1H3,(H,13,15)(H,16,17)/t10-,11?/m0/s1. The Kier molecular flexibility index (Phi) is 5.98. The van der Waals surface area contributed by atoms with E-state index in [4.69, 9.17) is 5.11 Å². The second-order valence-electron chi connectivity index (χ2n) is 3.97. The smallest absolute Gasteiger partial charge is 0.327 e. The molecule has 0 aliphatic carbocycles. The average molecular weight is 298 g/mol. The van der Waals surface area contributed by atoms with Crippen LogP contribution in [0.1, 0.15) is 17.9 Å². The van der Waals surface area contributed by atoms with Crippen molar-refractivity contribution in [2.75, 3.05) is 5.75 Å². The molecule has 0 saturated heterocycles. The van der Waals surface area contributed by atoms with E-state index in [9.17, 15) is 19.7 Å². The summed E-state index contributed by atoms with van der Waals surface area (Å²) >= 11 is 0.867. The normalized spacial score (nSPS) is 13.2. The van der Waals surface area contributed by atoms with E-state index in [1.165, 1.54) is 6.92 Å². The van der Waals surface area contributed by atoms with Gasteiger partial charge in [-0.1, -0.05) is 42.1 Å². The maximum absolute atomic E-state index is 11.1. The molecule has 7 nitrogen and oxygen atoms in total. The molecule has 0 fully saturated rings. The second kappa shape index (κ2) is 7.49. The Morgan fingerprint density at radius 3 is 2.45 bits per heavy atom. The fourth-order valence-electron chi connectivity index (χ4n) is 1.50. The number of carbonyl (C=O) groups is 2. The van der Waals surface area contributed by atoms with Crippen LogP contribution in [0.2, 0.25) is 0 Å². The molecule has 2 atom stereocenters. The number of carbonyl (C=O) groups excluding carboxylic acids is 1. The lowest BCUT2D eigenvalue weighted by atomic mass is 10.2. The van der Waals surface area contributed by atoms with Gasteiger partial charge < -0.3 is 10.4 Å². The first kappa shape index (κ1) is 16.0. The largest absolute Gasteiger partial charge is 0.480 e. The molecule has 0 heterocycles. The van der Waals surface area contributed by atoms with Crippen molar-refractivity contribution < 1.29 is 19.6 Å². The van der Waals surface area contributed by atoms with Crippen LogP contribution in [-0.4, -0.2) is 33.7 Å². The highest BCUT2D eigenvalue weighted by molar-refractivity contribution is 7.99. The van der Waals surface area contributed by atoms with Crippen LogP contribution in [-0.2, 0) is 9.59 Å². The highest BCUT2D eigenvalue weighted by Gasteiger charge is 2.27. The summed E-state index contributed by atoms with van der Waals surface area (Å²) in [5.41, 5.74) is 0.481. The molecule has 8 heteroatoms. The molecule has 1 aromatic carbocycles. The van der Waals surface area contributed by atoms with Crippen molar-refractivity contribution in [1.82, 2.24) is 5.32 Å². The molecule has 0 radical (unpaired) electrons. The van der Waals surface area contributed by atoms with Gasteiger partial charge in [-0.15, -0.1) is 0 Å². The summed E-state index contributed by atoms with van der Waals surface area (Å²) in [5, 5.41) is 21.2. The summed E-state index contributed by atoms with van der Waals surface area (Å²) in [7, 11) is 0. The molecular weight excluding hydrogens is 284 g/mol. The monoisotopic (exact) mass is 298 g/mol. The van der Waals surface area contributed by atoms with E-state index in [1.54, 1.807) is 30.3 Å². The molecule has 0 spiro atoms. The Balaban J connectivity index is 2.74. The van der Waals surface area contributed by atoms with Crippen molar-refractivity contribution in [2.24, 2.45) is 0 Å². The van der Waals surface area contributed by atoms with E-state index in [0.717, 1.165) is 11.8 Å². The molecule has 0 saturated carbocycles. The lowest BCUT2D eigenvalue weighted by Gasteiger charge is -2.14. The predicted molar refractivity (Wildman–Crippen MR) is 73.9 cm³/mol. The van der Waals surface area contributed by atoms with Gasteiger partial charge >= 0.3 is 5.97 Å². The molecular formula is C12H14N2O5S. The fourth-order valence-corrected chi connectivity index (χ4v) is 2.58. The van der Waals surface area contributed by atoms with Crippen molar-refractivity contribution in [2.45, 2.75) is 18.3 Å². The number of nitrogens with one attached hydrogen (secondary N) is 1. The number of nitrogens with zero attached hydrogens (tertiary/aromatic N) is 1. The average Bonchev–Trinajstić information content (AvgIpc) is 2.37. The van der Waals surface area contributed by atoms with Crippen molar-refractivity contribution >= 4 is 23.6 Å². The van der Waals surface area contributed by atoms with Gasteiger partial charge in [-0.3, -0.25) is 14.9 Å². The number of carboxylic acids is 1. The summed E-state index contributed by atoms with van der Waals surface area (Å²) in [6.07, 6.45) is 0. The summed E-state index contributed by atoms with van der Waals surface area (Å²) in [6.45, 7) is 1.20. The molecule has 2 N–H and O–H groups in total. The number of aliphatic carboxylic acids is 1. The van der Waals surface area contributed by atoms with Crippen LogP contribution >= 0.6 is 11.8 Å². The topological polar surface area (TPSA) is 110 Å². The Hall–Kier alpha value is -2.09. The SMILES string of the molecule is CC(=O)N[C@@H](CSC(c1ccccc1)[N+](=O)[O-])C(=O)O. The Labute approximate surface area is 119 Å². The van der Waals surface area contributed by atoms with Gasteiger partial charge in [0.15, 0.2) is 0 Å². The minimum absolute atomic E-state index is 0.0878. The van der Waals surface area contributed by atoms with Gasteiger partial charge in [0.25, 0.3) is 5.37 Å². The van der Waals surface area contributed by atoms with Gasteiger partial charge in [0.1, 0.15) is 6.04 Å². The Bertz CT molecular complexity index is 494. The van der Waals surface area contributed by atoms with E-state index in [-0.39, 0.29) is 5.75 Å². The lowest BCUT2D eigenvalue weighted by molar-refractivity contribution is -0.500. The first-order valence-corrected chi connectivity index (χ1v) is 6.76. The number of thioether (sulfide) groups is 1. The van der Waals surface area contributed by atoms with Crippen molar-refractivity contribution in [3.8, 4) is 0 Å². The van der Waals surface area contributed by atoms with Gasteiger partial charge in [0, 0.05) is 23.2 Å². The molecule has 1 unspecified atom stereocenters. The van der Waals surface area contributed by atoms with Gasteiger partial charge in [-0.2, -0.15) is 0 Å². The number of rotatable bonds is 7. The van der Waals surface area contributed by atoms with Gasteiger partial charge in [0.05, 0.1) is 0 Å². The van der Waals surface area contributed by atoms with Crippen LogP contribution in [0.5, 0.6) is 0 Å². The van der Waals surface area contributed by atoms with E-state index < -0.39 is 28.2 Å². The van der Waals surface area contributed by atoms with Crippen LogP contribution in [0.15, 0.2) is 30.3 Å². The summed E-state index contributed by atoms with van der Waals surface area (Å²) in [4.78, 5) is 32.4. The highest BCUT2D eigenvalue weighted by Crippen LogP contribution is 2.29. The van der Waals surface area contributed by atoms with E-state index in [1.807, 2.05) is 0 Å². The first-order valence-electron chi connectivity index (χ1n) is 5.71. The lowest BCUT2D eigenvalue weighted by Crippen LogP contribution is -2.41. The maximum atomic E-state index is 11.1. The third kappa shape index (κ3) is 4.88. The van der Waals surface area contributed by atoms with E-state index in [2.05, 4.69) is 5.32 Å². The predicted octanol–water partition coefficient (Wildman–Crippen LogP) is 1.28. The van der Waals surface area contributed by atoms with Crippen molar-refractivity contribution in [3.63, 3.8) is 0 Å². The van der Waals surface area contributed by atoms with E-state index >= 15 is 0 Å². The van der Waals surface area contributed by atoms with Crippen LogP contribution in [0.25, 0.3) is 0 Å². The second-order valence-corrected chi connectivity index (χ2v) is 5.09. The fraction of sp³-hybridized carbons (Fsp3) is 0.333. The molecule has 0 aliphatic rings. The van der Waals surface area contributed by atoms with Crippen LogP contribution in [0.4, 0.5) is 0 Å². The zero-order valence-corrected chi connectivity index (χ0v) is 11.5. The van der Waals surface area contributed by atoms with Gasteiger partial charge in [0.2, 0.25) is 5.91 Å². The number of amides is 1. The number of carboxylic acid groups (broad SMARTS) is 1. The van der Waals surface area contributed by atoms with Crippen molar-refractivity contribution in [1.29, 1.82) is 0 Å². The van der Waals surface area contributed by atoms with Gasteiger partial charge in [-0.25, -0.2) is 4.79 Å². The van der Waals surface area contributed by atoms with Crippen LogP contribution < -0.4 is 5.32 Å². The molecule has 1 aromatic rings. The van der Waals surface area contributed by atoms with Crippen LogP contribution in [0.3, 0.4) is 0 Å². The molecule has 1 amide bonds. The number of hydrogen-bond donors (Lipinski definition) is 2. The van der Waals surface area contributed by atoms with Crippen LogP contribution in [0, 0.1) is 10.1 Å². The summed E-state index contributed by atoms with van der Waals surface area (Å²) in [5.74, 6) is -1.80. The molecule has 0 bridgehead atoms. The minimum atomic E-state index is -1.22. The number of nitro groups is 1. The first-order chi connectivity index (χ1) is 9.41. The zero-order chi connectivity index (χ0) is 15.1. The zero-order valence-electron chi connectivity index (χ0n) is 10.7. The highest BCUT2D eigenvalue weighted by atomic mass is 32.2. The molecule has 0 aromatic heterocycles. The molecule has 0 aliphatic heterocycles. The maximum Gasteiger partial charge on any atom is 0.327 e. The third-order valence-electron chi connectivity index (χ3n) is 2.37. The quantitative estimate of drug-likeness (QED) is 0.446. The summed E-state index contributed by atoms with van der Waals surface area (Å²) in [6, 6.07) is 7.15. The van der Waals surface area contributed by atoms with Crippen molar-refractivity contribution in [3.05, 3.63) is 46.0 Å². The Morgan fingerprint density at radius 2 is 2.00 bits per heavy atom. The van der Waals surface area contributed by atoms with E-state index in [0.29, 0.717) is 5.56 Å². The minimum Gasteiger partial charge on any atom is -0.480 e. The molecule has 20 heavy (non-hydrogen) atoms. The molecule has 1 rings (SSSR count). The molecule has 108 valence electrons. The number of benzene rings is 1. The summed E-state index contributed by atoms with van der Waals surface area (Å²) < 4.78 is 0. The number of hydrogen-bond acceptors (Lipinski definition) is 5.